The number of hydrogen-bond donors (Lipinski definition) is 0. The Labute approximate surface area is 121 Å². The minimum absolute atomic E-state index is 0.566. The molecule has 0 aromatic rings. The highest BCUT2D eigenvalue weighted by atomic mass is 14.7. The third kappa shape index (κ3) is 2.78. The minimum Gasteiger partial charge on any atom is -0.0844 e. The van der Waals surface area contributed by atoms with E-state index in [4.69, 9.17) is 0 Å². The summed E-state index contributed by atoms with van der Waals surface area (Å²) in [4.78, 5) is 0. The first-order valence-electron chi connectivity index (χ1n) is 8.75. The topological polar surface area (TPSA) is 0 Å². The Morgan fingerprint density at radius 3 is 2.53 bits per heavy atom. The molecule has 0 aliphatic heterocycles. The molecule has 1 spiro atoms. The van der Waals surface area contributed by atoms with Gasteiger partial charge in [-0.05, 0) is 48.3 Å². The van der Waals surface area contributed by atoms with E-state index in [0.29, 0.717) is 5.41 Å². The Kier molecular flexibility index (Phi) is 4.48. The summed E-state index contributed by atoms with van der Waals surface area (Å²) in [6.45, 7) is 12.0. The summed E-state index contributed by atoms with van der Waals surface area (Å²) in [6.07, 6.45) is 13.8. The summed E-state index contributed by atoms with van der Waals surface area (Å²) >= 11 is 0. The quantitative estimate of drug-likeness (QED) is 0.446. The molecule has 0 heteroatoms. The van der Waals surface area contributed by atoms with Crippen molar-refractivity contribution in [3.63, 3.8) is 0 Å². The van der Waals surface area contributed by atoms with Crippen LogP contribution >= 0.6 is 0 Å². The Morgan fingerprint density at radius 2 is 2.05 bits per heavy atom. The van der Waals surface area contributed by atoms with Gasteiger partial charge in [-0.25, -0.2) is 0 Å². The predicted molar refractivity (Wildman–Crippen MR) is 85.2 cm³/mol. The number of rotatable bonds is 8. The zero-order chi connectivity index (χ0) is 14.1. The van der Waals surface area contributed by atoms with Crippen molar-refractivity contribution in [2.75, 3.05) is 0 Å². The van der Waals surface area contributed by atoms with Gasteiger partial charge < -0.3 is 0 Å². The average molecular weight is 262 g/mol. The van der Waals surface area contributed by atoms with Gasteiger partial charge in [-0.1, -0.05) is 72.0 Å². The van der Waals surface area contributed by atoms with Crippen LogP contribution in [-0.2, 0) is 0 Å². The van der Waals surface area contributed by atoms with Crippen LogP contribution in [0.5, 0.6) is 0 Å². The maximum atomic E-state index is 2.65. The second kappa shape index (κ2) is 5.62. The van der Waals surface area contributed by atoms with Crippen molar-refractivity contribution >= 4 is 0 Å². The first-order chi connectivity index (χ1) is 9.06. The standard InChI is InChI=1S/C19H34/c1-6-12-18(5,9-4)15(7-2)10-11-17-14-19(17)13-16(19)8-3/h11,15-16H,6-10,12-14H2,1-5H3. The lowest BCUT2D eigenvalue weighted by atomic mass is 9.69. The molecule has 0 nitrogen and oxygen atoms in total. The molecule has 2 aliphatic rings. The van der Waals surface area contributed by atoms with Crippen molar-refractivity contribution in [2.24, 2.45) is 22.7 Å². The van der Waals surface area contributed by atoms with E-state index < -0.39 is 0 Å². The normalized spacial score (nSPS) is 35.4. The van der Waals surface area contributed by atoms with Crippen molar-refractivity contribution in [3.05, 3.63) is 11.6 Å². The number of hydrogen-bond acceptors (Lipinski definition) is 0. The van der Waals surface area contributed by atoms with Gasteiger partial charge in [0.2, 0.25) is 0 Å². The van der Waals surface area contributed by atoms with Crippen molar-refractivity contribution < 1.29 is 0 Å². The highest BCUT2D eigenvalue weighted by Crippen LogP contribution is 2.75. The molecule has 110 valence electrons. The summed E-state index contributed by atoms with van der Waals surface area (Å²) in [5.74, 6) is 1.94. The third-order valence-corrected chi connectivity index (χ3v) is 6.50. The largest absolute Gasteiger partial charge is 0.0844 e. The van der Waals surface area contributed by atoms with Crippen molar-refractivity contribution in [3.8, 4) is 0 Å². The Morgan fingerprint density at radius 1 is 1.32 bits per heavy atom. The minimum atomic E-state index is 0.566. The van der Waals surface area contributed by atoms with Crippen LogP contribution in [0.2, 0.25) is 0 Å². The molecule has 2 aliphatic carbocycles. The predicted octanol–water partition coefficient (Wildman–Crippen LogP) is 6.37. The van der Waals surface area contributed by atoms with Crippen LogP contribution in [0.15, 0.2) is 11.6 Å². The van der Waals surface area contributed by atoms with Crippen molar-refractivity contribution in [2.45, 2.75) is 86.0 Å². The summed E-state index contributed by atoms with van der Waals surface area (Å²) in [5, 5.41) is 0. The van der Waals surface area contributed by atoms with E-state index in [1.807, 2.05) is 5.57 Å². The zero-order valence-corrected chi connectivity index (χ0v) is 13.9. The lowest BCUT2D eigenvalue weighted by Gasteiger charge is -2.36. The maximum absolute atomic E-state index is 2.65. The molecule has 4 unspecified atom stereocenters. The second-order valence-electron chi connectivity index (χ2n) is 7.47. The van der Waals surface area contributed by atoms with E-state index >= 15 is 0 Å². The van der Waals surface area contributed by atoms with Gasteiger partial charge in [0, 0.05) is 0 Å². The van der Waals surface area contributed by atoms with Gasteiger partial charge in [0.25, 0.3) is 0 Å². The molecular formula is C19H34. The monoisotopic (exact) mass is 262 g/mol. The summed E-state index contributed by atoms with van der Waals surface area (Å²) in [5.41, 5.74) is 3.14. The third-order valence-electron chi connectivity index (χ3n) is 6.50. The molecule has 0 N–H and O–H groups in total. The Hall–Kier alpha value is -0.260. The molecule has 0 bridgehead atoms. The summed E-state index contributed by atoms with van der Waals surface area (Å²) < 4.78 is 0. The molecule has 2 rings (SSSR count). The van der Waals surface area contributed by atoms with E-state index in [-0.39, 0.29) is 0 Å². The van der Waals surface area contributed by atoms with Gasteiger partial charge >= 0.3 is 0 Å². The molecule has 0 heterocycles. The summed E-state index contributed by atoms with van der Waals surface area (Å²) in [6, 6.07) is 0. The second-order valence-corrected chi connectivity index (χ2v) is 7.47. The van der Waals surface area contributed by atoms with E-state index in [9.17, 15) is 0 Å². The fourth-order valence-corrected chi connectivity index (χ4v) is 4.57. The highest BCUT2D eigenvalue weighted by molar-refractivity contribution is 5.41. The fraction of sp³-hybridized carbons (Fsp3) is 0.895. The van der Waals surface area contributed by atoms with Crippen LogP contribution in [0.4, 0.5) is 0 Å². The maximum Gasteiger partial charge on any atom is -0.00191 e. The van der Waals surface area contributed by atoms with Crippen LogP contribution in [0, 0.1) is 22.7 Å². The van der Waals surface area contributed by atoms with E-state index in [1.54, 1.807) is 0 Å². The molecule has 0 radical (unpaired) electrons. The van der Waals surface area contributed by atoms with Gasteiger partial charge in [-0.15, -0.1) is 0 Å². The fourth-order valence-electron chi connectivity index (χ4n) is 4.57. The molecule has 0 saturated heterocycles. The van der Waals surface area contributed by atoms with Crippen molar-refractivity contribution in [1.29, 1.82) is 0 Å². The Balaban J connectivity index is 1.92. The molecule has 0 aromatic carbocycles. The van der Waals surface area contributed by atoms with Crippen LogP contribution in [0.25, 0.3) is 0 Å². The highest BCUT2D eigenvalue weighted by Gasteiger charge is 2.65. The smallest absolute Gasteiger partial charge is 0.00191 e. The Bertz CT molecular complexity index is 340. The van der Waals surface area contributed by atoms with Gasteiger partial charge in [-0.3, -0.25) is 0 Å². The SMILES string of the molecule is CCCC(C)(CC)C(CC)CC=C1CC12CC2CC. The summed E-state index contributed by atoms with van der Waals surface area (Å²) in [7, 11) is 0. The van der Waals surface area contributed by atoms with Crippen molar-refractivity contribution in [1.82, 2.24) is 0 Å². The van der Waals surface area contributed by atoms with Gasteiger partial charge in [0.1, 0.15) is 0 Å². The van der Waals surface area contributed by atoms with E-state index in [2.05, 4.69) is 40.7 Å². The molecular weight excluding hydrogens is 228 g/mol. The molecule has 0 aromatic heterocycles. The average Bonchev–Trinajstić information content (AvgIpc) is 3.30. The lowest BCUT2D eigenvalue weighted by molar-refractivity contribution is 0.155. The molecule has 0 amide bonds. The van der Waals surface area contributed by atoms with Crippen LogP contribution in [0.1, 0.15) is 86.0 Å². The first kappa shape index (κ1) is 15.1. The van der Waals surface area contributed by atoms with Gasteiger partial charge in [0.05, 0.1) is 0 Å². The zero-order valence-electron chi connectivity index (χ0n) is 13.9. The van der Waals surface area contributed by atoms with E-state index in [0.717, 1.165) is 17.3 Å². The lowest BCUT2D eigenvalue weighted by Crippen LogP contribution is -2.26. The van der Waals surface area contributed by atoms with Crippen LogP contribution in [-0.4, -0.2) is 0 Å². The molecule has 2 fully saturated rings. The van der Waals surface area contributed by atoms with Crippen LogP contribution < -0.4 is 0 Å². The first-order valence-corrected chi connectivity index (χ1v) is 8.75. The molecule has 4 atom stereocenters. The molecule has 2 saturated carbocycles. The molecule has 19 heavy (non-hydrogen) atoms. The van der Waals surface area contributed by atoms with Gasteiger partial charge in [0.15, 0.2) is 0 Å². The van der Waals surface area contributed by atoms with E-state index in [1.165, 1.54) is 51.4 Å². The van der Waals surface area contributed by atoms with Crippen LogP contribution in [0.3, 0.4) is 0 Å². The van der Waals surface area contributed by atoms with Gasteiger partial charge in [-0.2, -0.15) is 0 Å². The number of allylic oxidation sites excluding steroid dienone is 2.